The molecule has 4 heteroatoms. The lowest BCUT2D eigenvalue weighted by Crippen LogP contribution is -2.52. The number of nitrogens with one attached hydrogen (secondary N) is 1. The summed E-state index contributed by atoms with van der Waals surface area (Å²) < 4.78 is 4.60. The molecule has 18 heavy (non-hydrogen) atoms. The summed E-state index contributed by atoms with van der Waals surface area (Å²) in [7, 11) is 0. The molecule has 1 atom stereocenters. The van der Waals surface area contributed by atoms with Gasteiger partial charge in [0.05, 0.1) is 0 Å². The lowest BCUT2D eigenvalue weighted by atomic mass is 10.1. The zero-order valence-electron chi connectivity index (χ0n) is 9.55. The third-order valence-electron chi connectivity index (χ3n) is 2.99. The van der Waals surface area contributed by atoms with E-state index in [1.807, 2.05) is 36.4 Å². The van der Waals surface area contributed by atoms with E-state index in [4.69, 9.17) is 0 Å². The van der Waals surface area contributed by atoms with Crippen LogP contribution in [0.3, 0.4) is 0 Å². The fraction of sp³-hybridized carbons (Fsp3) is 0.143. The fourth-order valence-electron chi connectivity index (χ4n) is 1.91. The Kier molecular flexibility index (Phi) is 2.48. The van der Waals surface area contributed by atoms with Crippen molar-refractivity contribution in [3.63, 3.8) is 0 Å². The Balaban J connectivity index is 1.85. The van der Waals surface area contributed by atoms with Gasteiger partial charge >= 0.3 is 5.97 Å². The molecule has 0 aromatic heterocycles. The van der Waals surface area contributed by atoms with Crippen LogP contribution < -0.4 is 5.32 Å². The van der Waals surface area contributed by atoms with Gasteiger partial charge in [-0.3, -0.25) is 4.79 Å². The number of rotatable bonds is 2. The maximum absolute atomic E-state index is 11.9. The Labute approximate surface area is 104 Å². The summed E-state index contributed by atoms with van der Waals surface area (Å²) in [6, 6.07) is 12.8. The molecule has 0 spiro atoms. The minimum atomic E-state index is -0.496. The second kappa shape index (κ2) is 4.14. The van der Waals surface area contributed by atoms with E-state index in [1.54, 1.807) is 6.07 Å². The van der Waals surface area contributed by atoms with Crippen molar-refractivity contribution >= 4 is 22.6 Å². The van der Waals surface area contributed by atoms with Crippen LogP contribution in [0.5, 0.6) is 0 Å². The summed E-state index contributed by atoms with van der Waals surface area (Å²) in [4.78, 5) is 22.9. The number of hydrogen-bond donors (Lipinski definition) is 1. The van der Waals surface area contributed by atoms with E-state index >= 15 is 0 Å². The van der Waals surface area contributed by atoms with Gasteiger partial charge in [-0.2, -0.15) is 0 Å². The minimum absolute atomic E-state index is 0.248. The first kappa shape index (κ1) is 10.8. The largest absolute Gasteiger partial charge is 0.461 e. The Morgan fingerprint density at radius 3 is 2.61 bits per heavy atom. The van der Waals surface area contributed by atoms with Crippen molar-refractivity contribution in [3.8, 4) is 0 Å². The first-order valence-corrected chi connectivity index (χ1v) is 5.70. The molecule has 90 valence electrons. The van der Waals surface area contributed by atoms with Crippen LogP contribution in [0.1, 0.15) is 10.4 Å². The molecule has 1 aliphatic heterocycles. The molecule has 2 aromatic rings. The predicted octanol–water partition coefficient (Wildman–Crippen LogP) is 1.49. The lowest BCUT2D eigenvalue weighted by molar-refractivity contribution is -0.162. The van der Waals surface area contributed by atoms with Crippen molar-refractivity contribution in [1.82, 2.24) is 5.32 Å². The Hall–Kier alpha value is -2.36. The van der Waals surface area contributed by atoms with Crippen molar-refractivity contribution in [3.05, 3.63) is 48.0 Å². The lowest BCUT2D eigenvalue weighted by Gasteiger charge is -2.25. The van der Waals surface area contributed by atoms with E-state index < -0.39 is 6.04 Å². The molecule has 1 N–H and O–H groups in total. The van der Waals surface area contributed by atoms with E-state index in [-0.39, 0.29) is 18.5 Å². The van der Waals surface area contributed by atoms with E-state index in [2.05, 4.69) is 10.1 Å². The summed E-state index contributed by atoms with van der Waals surface area (Å²) in [6.07, 6.45) is 0. The van der Waals surface area contributed by atoms with E-state index in [9.17, 15) is 9.59 Å². The molecule has 1 fully saturated rings. The van der Waals surface area contributed by atoms with Crippen LogP contribution >= 0.6 is 0 Å². The molecule has 0 bridgehead atoms. The molecule has 0 aliphatic carbocycles. The quantitative estimate of drug-likeness (QED) is 0.810. The topological polar surface area (TPSA) is 55.4 Å². The number of benzene rings is 2. The van der Waals surface area contributed by atoms with Crippen molar-refractivity contribution in [2.75, 3.05) is 6.61 Å². The molecule has 1 aliphatic rings. The highest BCUT2D eigenvalue weighted by Gasteiger charge is 2.32. The van der Waals surface area contributed by atoms with Gasteiger partial charge in [0.15, 0.2) is 6.04 Å². The van der Waals surface area contributed by atoms with Crippen LogP contribution in [0.25, 0.3) is 10.8 Å². The number of amides is 1. The summed E-state index contributed by atoms with van der Waals surface area (Å²) in [5.41, 5.74) is 0.549. The summed E-state index contributed by atoms with van der Waals surface area (Å²) in [5, 5.41) is 4.72. The third kappa shape index (κ3) is 1.82. The molecule has 0 radical (unpaired) electrons. The molecular formula is C14H11NO3. The number of hydrogen-bond acceptors (Lipinski definition) is 3. The summed E-state index contributed by atoms with van der Waals surface area (Å²) in [6.45, 7) is 0.262. The van der Waals surface area contributed by atoms with Crippen LogP contribution in [0.2, 0.25) is 0 Å². The number of esters is 1. The highest BCUT2D eigenvalue weighted by Crippen LogP contribution is 2.16. The maximum atomic E-state index is 11.9. The van der Waals surface area contributed by atoms with Gasteiger partial charge < -0.3 is 10.1 Å². The van der Waals surface area contributed by atoms with Gasteiger partial charge in [0.25, 0.3) is 5.91 Å². The van der Waals surface area contributed by atoms with Crippen molar-refractivity contribution < 1.29 is 14.3 Å². The van der Waals surface area contributed by atoms with Gasteiger partial charge in [-0.15, -0.1) is 0 Å². The average molecular weight is 241 g/mol. The van der Waals surface area contributed by atoms with Gasteiger partial charge in [-0.25, -0.2) is 4.79 Å². The van der Waals surface area contributed by atoms with Crippen molar-refractivity contribution in [2.24, 2.45) is 0 Å². The molecular weight excluding hydrogens is 230 g/mol. The SMILES string of the molecule is O=C(N[C@@H]1COC1=O)c1ccc2ccccc2c1. The smallest absolute Gasteiger partial charge is 0.332 e. The summed E-state index contributed by atoms with van der Waals surface area (Å²) in [5.74, 6) is -0.619. The van der Waals surface area contributed by atoms with Gasteiger partial charge in [-0.1, -0.05) is 30.3 Å². The predicted molar refractivity (Wildman–Crippen MR) is 66.2 cm³/mol. The molecule has 0 unspecified atom stereocenters. The Bertz CT molecular complexity index is 636. The Morgan fingerprint density at radius 1 is 1.17 bits per heavy atom. The number of ether oxygens (including phenoxy) is 1. The van der Waals surface area contributed by atoms with Crippen LogP contribution in [0.15, 0.2) is 42.5 Å². The average Bonchev–Trinajstić information content (AvgIpc) is 2.42. The highest BCUT2D eigenvalue weighted by atomic mass is 16.6. The van der Waals surface area contributed by atoms with Crippen LogP contribution in [-0.2, 0) is 9.53 Å². The monoisotopic (exact) mass is 241 g/mol. The number of fused-ring (bicyclic) bond motifs is 1. The molecule has 3 rings (SSSR count). The second-order valence-corrected chi connectivity index (χ2v) is 4.22. The van der Waals surface area contributed by atoms with Crippen LogP contribution in [0, 0.1) is 0 Å². The number of carbonyl (C=O) groups excluding carboxylic acids is 2. The minimum Gasteiger partial charge on any atom is -0.461 e. The first-order valence-electron chi connectivity index (χ1n) is 5.70. The van der Waals surface area contributed by atoms with Crippen molar-refractivity contribution in [2.45, 2.75) is 6.04 Å². The molecule has 2 aromatic carbocycles. The zero-order chi connectivity index (χ0) is 12.5. The third-order valence-corrected chi connectivity index (χ3v) is 2.99. The van der Waals surface area contributed by atoms with Crippen molar-refractivity contribution in [1.29, 1.82) is 0 Å². The summed E-state index contributed by atoms with van der Waals surface area (Å²) >= 11 is 0. The van der Waals surface area contributed by atoms with Gasteiger partial charge in [-0.05, 0) is 22.9 Å². The second-order valence-electron chi connectivity index (χ2n) is 4.22. The molecule has 1 amide bonds. The Morgan fingerprint density at radius 2 is 1.94 bits per heavy atom. The zero-order valence-corrected chi connectivity index (χ0v) is 9.55. The molecule has 1 heterocycles. The number of cyclic esters (lactones) is 1. The first-order chi connectivity index (χ1) is 8.74. The standard InChI is InChI=1S/C14H11NO3/c16-13(15-12-8-18-14(12)17)11-6-5-9-3-1-2-4-10(9)7-11/h1-7,12H,8H2,(H,15,16)/t12-/m1/s1. The van der Waals surface area contributed by atoms with E-state index in [1.165, 1.54) is 0 Å². The highest BCUT2D eigenvalue weighted by molar-refractivity contribution is 6.00. The van der Waals surface area contributed by atoms with Gasteiger partial charge in [0.2, 0.25) is 0 Å². The van der Waals surface area contributed by atoms with E-state index in [0.29, 0.717) is 5.56 Å². The number of carbonyl (C=O) groups is 2. The van der Waals surface area contributed by atoms with Gasteiger partial charge in [0.1, 0.15) is 6.61 Å². The van der Waals surface area contributed by atoms with Crippen LogP contribution in [0.4, 0.5) is 0 Å². The van der Waals surface area contributed by atoms with Gasteiger partial charge in [0, 0.05) is 5.56 Å². The maximum Gasteiger partial charge on any atom is 0.332 e. The molecule has 1 saturated heterocycles. The normalized spacial score (nSPS) is 18.0. The van der Waals surface area contributed by atoms with Crippen LogP contribution in [-0.4, -0.2) is 24.5 Å². The molecule has 4 nitrogen and oxygen atoms in total. The van der Waals surface area contributed by atoms with E-state index in [0.717, 1.165) is 10.8 Å². The fourth-order valence-corrected chi connectivity index (χ4v) is 1.91. The molecule has 0 saturated carbocycles.